The number of ketones is 1. The average molecular weight is 280 g/mol. The summed E-state index contributed by atoms with van der Waals surface area (Å²) >= 11 is 0. The lowest BCUT2D eigenvalue weighted by Crippen LogP contribution is -1.97. The molecule has 2 aromatic rings. The summed E-state index contributed by atoms with van der Waals surface area (Å²) < 4.78 is 11.1. The first-order valence-corrected chi connectivity index (χ1v) is 6.95. The van der Waals surface area contributed by atoms with Gasteiger partial charge in [-0.1, -0.05) is 29.8 Å². The molecule has 1 aliphatic rings. The normalized spacial score (nSPS) is 15.0. The summed E-state index contributed by atoms with van der Waals surface area (Å²) in [6.07, 6.45) is 1.77. The molecule has 0 saturated heterocycles. The van der Waals surface area contributed by atoms with Crippen molar-refractivity contribution in [2.24, 2.45) is 0 Å². The Hall–Kier alpha value is -2.55. The van der Waals surface area contributed by atoms with Crippen LogP contribution < -0.4 is 9.47 Å². The van der Waals surface area contributed by atoms with Gasteiger partial charge in [0.25, 0.3) is 0 Å². The van der Waals surface area contributed by atoms with E-state index in [0.29, 0.717) is 29.4 Å². The summed E-state index contributed by atoms with van der Waals surface area (Å²) in [6, 6.07) is 13.2. The monoisotopic (exact) mass is 280 g/mol. The number of allylic oxidation sites excluding steroid dienone is 1. The van der Waals surface area contributed by atoms with Crippen molar-refractivity contribution in [1.29, 1.82) is 0 Å². The molecule has 0 amide bonds. The molecule has 2 aromatic carbocycles. The van der Waals surface area contributed by atoms with Crippen LogP contribution in [0.3, 0.4) is 0 Å². The van der Waals surface area contributed by atoms with Crippen LogP contribution >= 0.6 is 0 Å². The summed E-state index contributed by atoms with van der Waals surface area (Å²) in [4.78, 5) is 12.3. The second kappa shape index (κ2) is 5.44. The van der Waals surface area contributed by atoms with Crippen LogP contribution in [-0.2, 0) is 0 Å². The number of hydrogen-bond donors (Lipinski definition) is 0. The maximum atomic E-state index is 12.3. The van der Waals surface area contributed by atoms with Gasteiger partial charge in [-0.3, -0.25) is 4.79 Å². The maximum Gasteiger partial charge on any atom is 0.231 e. The summed E-state index contributed by atoms with van der Waals surface area (Å²) in [5, 5.41) is 0. The predicted octanol–water partition coefficient (Wildman–Crippen LogP) is 4.01. The predicted molar refractivity (Wildman–Crippen MR) is 81.7 cm³/mol. The number of aryl methyl sites for hydroxylation is 1. The molecule has 3 heteroatoms. The molecule has 0 fully saturated rings. The highest BCUT2D eigenvalue weighted by Gasteiger charge is 2.27. The number of rotatable bonds is 3. The molecule has 0 saturated carbocycles. The van der Waals surface area contributed by atoms with Crippen molar-refractivity contribution >= 4 is 11.9 Å². The molecular formula is C18H16O3. The van der Waals surface area contributed by atoms with E-state index in [1.165, 1.54) is 5.56 Å². The molecule has 1 aliphatic heterocycles. The van der Waals surface area contributed by atoms with Crippen molar-refractivity contribution in [2.45, 2.75) is 13.8 Å². The summed E-state index contributed by atoms with van der Waals surface area (Å²) in [5.74, 6) is 1.53. The van der Waals surface area contributed by atoms with E-state index < -0.39 is 0 Å². The van der Waals surface area contributed by atoms with Crippen LogP contribution in [0.5, 0.6) is 11.5 Å². The van der Waals surface area contributed by atoms with Gasteiger partial charge in [0.15, 0.2) is 5.76 Å². The molecule has 0 N–H and O–H groups in total. The first-order chi connectivity index (χ1) is 10.2. The third-order valence-corrected chi connectivity index (χ3v) is 3.33. The van der Waals surface area contributed by atoms with E-state index in [1.807, 2.05) is 38.1 Å². The molecule has 3 rings (SSSR count). The third kappa shape index (κ3) is 2.68. The topological polar surface area (TPSA) is 35.5 Å². The fourth-order valence-corrected chi connectivity index (χ4v) is 2.24. The minimum Gasteiger partial charge on any atom is -0.494 e. The second-order valence-corrected chi connectivity index (χ2v) is 4.94. The van der Waals surface area contributed by atoms with Crippen LogP contribution in [0.1, 0.15) is 28.4 Å². The molecule has 106 valence electrons. The molecule has 0 aliphatic carbocycles. The zero-order chi connectivity index (χ0) is 14.8. The molecule has 21 heavy (non-hydrogen) atoms. The van der Waals surface area contributed by atoms with Gasteiger partial charge in [0.2, 0.25) is 5.78 Å². The van der Waals surface area contributed by atoms with Crippen LogP contribution in [0.4, 0.5) is 0 Å². The lowest BCUT2D eigenvalue weighted by atomic mass is 10.1. The van der Waals surface area contributed by atoms with Gasteiger partial charge in [-0.15, -0.1) is 0 Å². The Labute approximate surface area is 123 Å². The van der Waals surface area contributed by atoms with E-state index in [-0.39, 0.29) is 5.78 Å². The maximum absolute atomic E-state index is 12.3. The highest BCUT2D eigenvalue weighted by atomic mass is 16.5. The van der Waals surface area contributed by atoms with Crippen molar-refractivity contribution in [1.82, 2.24) is 0 Å². The highest BCUT2D eigenvalue weighted by molar-refractivity contribution is 6.14. The Bertz CT molecular complexity index is 712. The van der Waals surface area contributed by atoms with Crippen molar-refractivity contribution < 1.29 is 14.3 Å². The summed E-state index contributed by atoms with van der Waals surface area (Å²) in [7, 11) is 0. The van der Waals surface area contributed by atoms with Crippen molar-refractivity contribution in [3.05, 3.63) is 64.9 Å². The van der Waals surface area contributed by atoms with E-state index in [1.54, 1.807) is 24.3 Å². The molecule has 0 aromatic heterocycles. The Morgan fingerprint density at radius 2 is 1.90 bits per heavy atom. The van der Waals surface area contributed by atoms with Crippen molar-refractivity contribution in [2.75, 3.05) is 6.61 Å². The van der Waals surface area contributed by atoms with Crippen LogP contribution in [-0.4, -0.2) is 12.4 Å². The van der Waals surface area contributed by atoms with Crippen molar-refractivity contribution in [3.63, 3.8) is 0 Å². The average Bonchev–Trinajstić information content (AvgIpc) is 2.78. The van der Waals surface area contributed by atoms with Gasteiger partial charge >= 0.3 is 0 Å². The molecular weight excluding hydrogens is 264 g/mol. The minimum absolute atomic E-state index is 0.0892. The zero-order valence-electron chi connectivity index (χ0n) is 12.1. The molecule has 0 bridgehead atoms. The van der Waals surface area contributed by atoms with Gasteiger partial charge in [0, 0.05) is 6.07 Å². The smallest absolute Gasteiger partial charge is 0.231 e. The van der Waals surface area contributed by atoms with Gasteiger partial charge in [0.05, 0.1) is 12.2 Å². The summed E-state index contributed by atoms with van der Waals surface area (Å²) in [6.45, 7) is 4.53. The SMILES string of the molecule is CCOc1ccc2c(c1)O/C(=C\c1ccc(C)cc1)C2=O. The van der Waals surface area contributed by atoms with Gasteiger partial charge in [-0.05, 0) is 37.6 Å². The van der Waals surface area contributed by atoms with E-state index >= 15 is 0 Å². The lowest BCUT2D eigenvalue weighted by molar-refractivity contribution is 0.101. The van der Waals surface area contributed by atoms with Gasteiger partial charge in [0.1, 0.15) is 11.5 Å². The molecule has 3 nitrogen and oxygen atoms in total. The number of Topliss-reactive ketones (excluding diaryl/α,β-unsaturated/α-hetero) is 1. The van der Waals surface area contributed by atoms with Gasteiger partial charge in [-0.2, -0.15) is 0 Å². The number of carbonyl (C=O) groups is 1. The van der Waals surface area contributed by atoms with Crippen LogP contribution in [0, 0.1) is 6.92 Å². The first-order valence-electron chi connectivity index (χ1n) is 6.95. The fourth-order valence-electron chi connectivity index (χ4n) is 2.24. The Morgan fingerprint density at radius 3 is 2.62 bits per heavy atom. The quantitative estimate of drug-likeness (QED) is 0.797. The number of carbonyl (C=O) groups excluding carboxylic acids is 1. The standard InChI is InChI=1S/C18H16O3/c1-3-20-14-8-9-15-16(11-14)21-17(18(15)19)10-13-6-4-12(2)5-7-13/h4-11H,3H2,1-2H3/b17-10-. The van der Waals surface area contributed by atoms with E-state index in [4.69, 9.17) is 9.47 Å². The highest BCUT2D eigenvalue weighted by Crippen LogP contribution is 2.34. The Balaban J connectivity index is 1.90. The number of benzene rings is 2. The van der Waals surface area contributed by atoms with E-state index in [9.17, 15) is 4.79 Å². The van der Waals surface area contributed by atoms with Crippen LogP contribution in [0.25, 0.3) is 6.08 Å². The molecule has 0 unspecified atom stereocenters. The van der Waals surface area contributed by atoms with Gasteiger partial charge in [-0.25, -0.2) is 0 Å². The van der Waals surface area contributed by atoms with Crippen LogP contribution in [0.2, 0.25) is 0 Å². The van der Waals surface area contributed by atoms with Crippen molar-refractivity contribution in [3.8, 4) is 11.5 Å². The minimum atomic E-state index is -0.0892. The molecule has 0 spiro atoms. The Kier molecular flexibility index (Phi) is 3.48. The lowest BCUT2D eigenvalue weighted by Gasteiger charge is -2.03. The van der Waals surface area contributed by atoms with Gasteiger partial charge < -0.3 is 9.47 Å². The van der Waals surface area contributed by atoms with Crippen LogP contribution in [0.15, 0.2) is 48.2 Å². The molecule has 1 heterocycles. The number of hydrogen-bond acceptors (Lipinski definition) is 3. The fraction of sp³-hybridized carbons (Fsp3) is 0.167. The first kappa shape index (κ1) is 13.4. The Morgan fingerprint density at radius 1 is 1.14 bits per heavy atom. The number of ether oxygens (including phenoxy) is 2. The van der Waals surface area contributed by atoms with E-state index in [2.05, 4.69) is 0 Å². The zero-order valence-corrected chi connectivity index (χ0v) is 12.1. The van der Waals surface area contributed by atoms with E-state index in [0.717, 1.165) is 5.56 Å². The molecule has 0 atom stereocenters. The largest absolute Gasteiger partial charge is 0.494 e. The number of fused-ring (bicyclic) bond motifs is 1. The third-order valence-electron chi connectivity index (χ3n) is 3.33. The molecule has 0 radical (unpaired) electrons. The summed E-state index contributed by atoms with van der Waals surface area (Å²) in [5.41, 5.74) is 2.71. The second-order valence-electron chi connectivity index (χ2n) is 4.94.